The van der Waals surface area contributed by atoms with Crippen LogP contribution in [0, 0.1) is 0 Å². The highest BCUT2D eigenvalue weighted by Gasteiger charge is 2.21. The average Bonchev–Trinajstić information content (AvgIpc) is 3.07. The summed E-state index contributed by atoms with van der Waals surface area (Å²) in [6, 6.07) is 10.6. The van der Waals surface area contributed by atoms with Gasteiger partial charge in [-0.3, -0.25) is 4.79 Å². The van der Waals surface area contributed by atoms with Crippen LogP contribution in [-0.4, -0.2) is 23.4 Å². The number of hydrogen-bond acceptors (Lipinski definition) is 4. The molecule has 2 aromatic rings. The molecule has 2 heterocycles. The van der Waals surface area contributed by atoms with Crippen LogP contribution < -0.4 is 4.90 Å². The standard InChI is InChI=1S/C19H16Cl2N2O3/c20-15-8-9-17(21)22-16(15)12-26-19(25)10-5-13-3-6-14(7-4-13)23-11-1-2-18(23)24/h3-10H,1-2,11-12H2. The SMILES string of the molecule is O=C(C=Cc1ccc(N2CCCC2=O)cc1)OCc1nc(Cl)ccc1Cl. The number of carbonyl (C=O) groups excluding carboxylic acids is 2. The van der Waals surface area contributed by atoms with Gasteiger partial charge in [-0.1, -0.05) is 35.3 Å². The fourth-order valence-electron chi connectivity index (χ4n) is 2.60. The number of amides is 1. The molecule has 1 aliphatic rings. The summed E-state index contributed by atoms with van der Waals surface area (Å²) in [7, 11) is 0. The number of ether oxygens (including phenoxy) is 1. The molecule has 1 fully saturated rings. The number of anilines is 1. The Morgan fingerprint density at radius 2 is 1.96 bits per heavy atom. The van der Waals surface area contributed by atoms with Gasteiger partial charge in [0.1, 0.15) is 11.8 Å². The molecule has 1 aliphatic heterocycles. The molecule has 0 atom stereocenters. The van der Waals surface area contributed by atoms with Crippen LogP contribution in [-0.2, 0) is 20.9 Å². The van der Waals surface area contributed by atoms with E-state index in [0.29, 0.717) is 17.1 Å². The molecular formula is C19H16Cl2N2O3. The Labute approximate surface area is 161 Å². The molecule has 1 aromatic carbocycles. The van der Waals surface area contributed by atoms with E-state index in [2.05, 4.69) is 4.98 Å². The Hall–Kier alpha value is -2.37. The zero-order valence-corrected chi connectivity index (χ0v) is 15.3. The van der Waals surface area contributed by atoms with Crippen molar-refractivity contribution in [3.8, 4) is 0 Å². The van der Waals surface area contributed by atoms with Gasteiger partial charge in [-0.2, -0.15) is 0 Å². The molecule has 7 heteroatoms. The first kappa shape index (κ1) is 18.4. The third-order valence-corrected chi connectivity index (χ3v) is 4.48. The second kappa shape index (κ2) is 8.34. The third kappa shape index (κ3) is 4.62. The van der Waals surface area contributed by atoms with Crippen LogP contribution in [0.15, 0.2) is 42.5 Å². The summed E-state index contributed by atoms with van der Waals surface area (Å²) in [6.45, 7) is 0.693. The summed E-state index contributed by atoms with van der Waals surface area (Å²) < 4.78 is 5.12. The van der Waals surface area contributed by atoms with Gasteiger partial charge in [0.05, 0.1) is 10.7 Å². The van der Waals surface area contributed by atoms with Crippen molar-refractivity contribution >= 4 is 46.8 Å². The van der Waals surface area contributed by atoms with Gasteiger partial charge in [-0.15, -0.1) is 0 Å². The molecule has 134 valence electrons. The fourth-order valence-corrected chi connectivity index (χ4v) is 2.92. The number of benzene rings is 1. The zero-order valence-electron chi connectivity index (χ0n) is 13.8. The third-order valence-electron chi connectivity index (χ3n) is 3.93. The number of esters is 1. The lowest BCUT2D eigenvalue weighted by atomic mass is 10.2. The summed E-state index contributed by atoms with van der Waals surface area (Å²) >= 11 is 11.8. The molecule has 0 bridgehead atoms. The van der Waals surface area contributed by atoms with Gasteiger partial charge in [0.2, 0.25) is 5.91 Å². The molecule has 26 heavy (non-hydrogen) atoms. The number of nitrogens with zero attached hydrogens (tertiary/aromatic N) is 2. The minimum absolute atomic E-state index is 0.0570. The monoisotopic (exact) mass is 390 g/mol. The molecular weight excluding hydrogens is 375 g/mol. The Kier molecular flexibility index (Phi) is 5.91. The van der Waals surface area contributed by atoms with Gasteiger partial charge in [-0.25, -0.2) is 9.78 Å². The number of aromatic nitrogens is 1. The van der Waals surface area contributed by atoms with E-state index >= 15 is 0 Å². The first-order valence-electron chi connectivity index (χ1n) is 8.09. The van der Waals surface area contributed by atoms with Crippen molar-refractivity contribution in [2.24, 2.45) is 0 Å². The molecule has 1 amide bonds. The maximum absolute atomic E-state index is 11.8. The second-order valence-corrected chi connectivity index (χ2v) is 6.54. The van der Waals surface area contributed by atoms with E-state index in [0.717, 1.165) is 24.2 Å². The van der Waals surface area contributed by atoms with Crippen molar-refractivity contribution in [2.75, 3.05) is 11.4 Å². The lowest BCUT2D eigenvalue weighted by molar-refractivity contribution is -0.139. The second-order valence-electron chi connectivity index (χ2n) is 5.74. The molecule has 1 saturated heterocycles. The van der Waals surface area contributed by atoms with Crippen LogP contribution in [0.4, 0.5) is 5.69 Å². The predicted octanol–water partition coefficient (Wildman–Crippen LogP) is 4.27. The van der Waals surface area contributed by atoms with Crippen LogP contribution in [0.5, 0.6) is 0 Å². The van der Waals surface area contributed by atoms with Crippen LogP contribution >= 0.6 is 23.2 Å². The summed E-state index contributed by atoms with van der Waals surface area (Å²) in [5, 5.41) is 0.672. The van der Waals surface area contributed by atoms with E-state index < -0.39 is 5.97 Å². The van der Waals surface area contributed by atoms with Gasteiger partial charge >= 0.3 is 5.97 Å². The van der Waals surface area contributed by atoms with E-state index in [4.69, 9.17) is 27.9 Å². The fraction of sp³-hybridized carbons (Fsp3) is 0.211. The van der Waals surface area contributed by atoms with Gasteiger partial charge in [-0.05, 0) is 42.3 Å². The molecule has 0 spiro atoms. The van der Waals surface area contributed by atoms with E-state index in [9.17, 15) is 9.59 Å². The van der Waals surface area contributed by atoms with Crippen molar-refractivity contribution in [3.05, 3.63) is 63.9 Å². The van der Waals surface area contributed by atoms with E-state index in [1.165, 1.54) is 6.08 Å². The lowest BCUT2D eigenvalue weighted by Crippen LogP contribution is -2.23. The van der Waals surface area contributed by atoms with E-state index in [1.807, 2.05) is 24.3 Å². The van der Waals surface area contributed by atoms with Gasteiger partial charge in [0.25, 0.3) is 0 Å². The normalized spacial score (nSPS) is 14.2. The highest BCUT2D eigenvalue weighted by atomic mass is 35.5. The van der Waals surface area contributed by atoms with Crippen LogP contribution in [0.2, 0.25) is 10.2 Å². The Morgan fingerprint density at radius 1 is 1.19 bits per heavy atom. The maximum atomic E-state index is 11.8. The molecule has 1 aromatic heterocycles. The minimum atomic E-state index is -0.512. The summed E-state index contributed by atoms with van der Waals surface area (Å²) in [4.78, 5) is 29.4. The maximum Gasteiger partial charge on any atom is 0.331 e. The molecule has 0 unspecified atom stereocenters. The molecule has 5 nitrogen and oxygen atoms in total. The largest absolute Gasteiger partial charge is 0.456 e. The molecule has 3 rings (SSSR count). The highest BCUT2D eigenvalue weighted by Crippen LogP contribution is 2.22. The van der Waals surface area contributed by atoms with Crippen LogP contribution in [0.3, 0.4) is 0 Å². The molecule has 0 N–H and O–H groups in total. The summed E-state index contributed by atoms with van der Waals surface area (Å²) in [6.07, 6.45) is 4.45. The van der Waals surface area contributed by atoms with Crippen LogP contribution in [0.25, 0.3) is 6.08 Å². The quantitative estimate of drug-likeness (QED) is 0.434. The van der Waals surface area contributed by atoms with Gasteiger partial charge < -0.3 is 9.64 Å². The average molecular weight is 391 g/mol. The lowest BCUT2D eigenvalue weighted by Gasteiger charge is -2.15. The van der Waals surface area contributed by atoms with Gasteiger partial charge in [0, 0.05) is 24.7 Å². The smallest absolute Gasteiger partial charge is 0.331 e. The Morgan fingerprint density at radius 3 is 2.65 bits per heavy atom. The number of hydrogen-bond donors (Lipinski definition) is 0. The number of halogens is 2. The summed E-state index contributed by atoms with van der Waals surface area (Å²) in [5.74, 6) is -0.369. The molecule has 0 radical (unpaired) electrons. The highest BCUT2D eigenvalue weighted by molar-refractivity contribution is 6.32. The first-order valence-corrected chi connectivity index (χ1v) is 8.85. The molecule has 0 saturated carbocycles. The Bertz CT molecular complexity index is 850. The minimum Gasteiger partial charge on any atom is -0.456 e. The van der Waals surface area contributed by atoms with E-state index in [-0.39, 0.29) is 17.7 Å². The van der Waals surface area contributed by atoms with Crippen molar-refractivity contribution in [1.82, 2.24) is 4.98 Å². The van der Waals surface area contributed by atoms with Gasteiger partial charge in [0.15, 0.2) is 0 Å². The first-order chi connectivity index (χ1) is 12.5. The van der Waals surface area contributed by atoms with Crippen molar-refractivity contribution in [1.29, 1.82) is 0 Å². The zero-order chi connectivity index (χ0) is 18.5. The number of rotatable bonds is 5. The van der Waals surface area contributed by atoms with Crippen molar-refractivity contribution < 1.29 is 14.3 Å². The predicted molar refractivity (Wildman–Crippen MR) is 101 cm³/mol. The van der Waals surface area contributed by atoms with Crippen LogP contribution in [0.1, 0.15) is 24.1 Å². The number of pyridine rings is 1. The Balaban J connectivity index is 1.56. The van der Waals surface area contributed by atoms with Crippen molar-refractivity contribution in [3.63, 3.8) is 0 Å². The summed E-state index contributed by atoms with van der Waals surface area (Å²) in [5.41, 5.74) is 2.10. The topological polar surface area (TPSA) is 59.5 Å². The van der Waals surface area contributed by atoms with E-state index in [1.54, 1.807) is 23.1 Å². The molecule has 0 aliphatic carbocycles. The van der Waals surface area contributed by atoms with Crippen molar-refractivity contribution in [2.45, 2.75) is 19.4 Å². The number of carbonyl (C=O) groups is 2.